The first-order valence-electron chi connectivity index (χ1n) is 2.85. The minimum absolute atomic E-state index is 0.197. The van der Waals surface area contributed by atoms with E-state index in [0.717, 1.165) is 0 Å². The van der Waals surface area contributed by atoms with Crippen molar-refractivity contribution in [2.45, 2.75) is 20.8 Å². The summed E-state index contributed by atoms with van der Waals surface area (Å²) in [6, 6.07) is 0. The highest BCUT2D eigenvalue weighted by Gasteiger charge is 2.19. The molecule has 0 fully saturated rings. The molecule has 0 rings (SSSR count). The Balaban J connectivity index is 3.74. The Labute approximate surface area is 55.1 Å². The van der Waals surface area contributed by atoms with Crippen LogP contribution in [0.3, 0.4) is 0 Å². The maximum Gasteiger partial charge on any atom is 0.227 e. The standard InChI is InChI=1S/C6H12NO2/c1-6(2,3)5(9)7-4-8/h4H2,1-3H3,(H,7,9). The maximum absolute atomic E-state index is 10.8. The van der Waals surface area contributed by atoms with Crippen LogP contribution in [0.25, 0.3) is 0 Å². The summed E-state index contributed by atoms with van der Waals surface area (Å²) in [7, 11) is 0. The zero-order chi connectivity index (χ0) is 7.49. The second-order valence-corrected chi connectivity index (χ2v) is 2.90. The molecule has 53 valence electrons. The third kappa shape index (κ3) is 3.08. The van der Waals surface area contributed by atoms with Crippen LogP contribution in [-0.4, -0.2) is 12.6 Å². The zero-order valence-electron chi connectivity index (χ0n) is 6.02. The van der Waals surface area contributed by atoms with E-state index < -0.39 is 12.1 Å². The molecule has 0 heterocycles. The monoisotopic (exact) mass is 130 g/mol. The van der Waals surface area contributed by atoms with Crippen molar-refractivity contribution in [1.82, 2.24) is 5.32 Å². The fraction of sp³-hybridized carbons (Fsp3) is 0.833. The Bertz CT molecular complexity index is 104. The van der Waals surface area contributed by atoms with Gasteiger partial charge < -0.3 is 5.32 Å². The van der Waals surface area contributed by atoms with Crippen LogP contribution in [0.5, 0.6) is 0 Å². The van der Waals surface area contributed by atoms with E-state index in [4.69, 9.17) is 0 Å². The lowest BCUT2D eigenvalue weighted by atomic mass is 9.96. The molecule has 3 nitrogen and oxygen atoms in total. The molecule has 0 aliphatic carbocycles. The fourth-order valence-electron chi connectivity index (χ4n) is 0.331. The fourth-order valence-corrected chi connectivity index (χ4v) is 0.331. The van der Waals surface area contributed by atoms with Crippen molar-refractivity contribution in [2.75, 3.05) is 6.73 Å². The second kappa shape index (κ2) is 2.82. The molecule has 0 unspecified atom stereocenters. The van der Waals surface area contributed by atoms with Gasteiger partial charge in [-0.05, 0) is 0 Å². The molecule has 1 N–H and O–H groups in total. The molecule has 0 aromatic carbocycles. The van der Waals surface area contributed by atoms with Gasteiger partial charge in [-0.1, -0.05) is 20.8 Å². The molecule has 0 aliphatic rings. The summed E-state index contributed by atoms with van der Waals surface area (Å²) in [5, 5.41) is 12.0. The lowest BCUT2D eigenvalue weighted by Gasteiger charge is -2.15. The molecule has 0 aromatic rings. The Morgan fingerprint density at radius 3 is 2.00 bits per heavy atom. The molecule has 0 atom stereocenters. The van der Waals surface area contributed by atoms with Crippen LogP contribution >= 0.6 is 0 Å². The van der Waals surface area contributed by atoms with Crippen molar-refractivity contribution in [2.24, 2.45) is 5.41 Å². The van der Waals surface area contributed by atoms with Crippen LogP contribution in [0.2, 0.25) is 0 Å². The number of carbonyl (C=O) groups is 1. The Kier molecular flexibility index (Phi) is 2.65. The molecular weight excluding hydrogens is 118 g/mol. The van der Waals surface area contributed by atoms with Gasteiger partial charge in [-0.15, -0.1) is 0 Å². The third-order valence-corrected chi connectivity index (χ3v) is 0.914. The van der Waals surface area contributed by atoms with Crippen LogP contribution in [0.1, 0.15) is 20.8 Å². The molecule has 3 heteroatoms. The van der Waals surface area contributed by atoms with Gasteiger partial charge in [-0.25, -0.2) is 5.11 Å². The molecule has 0 saturated carbocycles. The molecule has 1 radical (unpaired) electrons. The highest BCUT2D eigenvalue weighted by Crippen LogP contribution is 2.11. The van der Waals surface area contributed by atoms with Crippen LogP contribution in [0.4, 0.5) is 0 Å². The Hall–Kier alpha value is -0.570. The maximum atomic E-state index is 10.8. The van der Waals surface area contributed by atoms with Gasteiger partial charge in [-0.2, -0.15) is 0 Å². The Morgan fingerprint density at radius 2 is 1.89 bits per heavy atom. The largest absolute Gasteiger partial charge is 0.330 e. The van der Waals surface area contributed by atoms with Gasteiger partial charge in [0.15, 0.2) is 6.73 Å². The minimum atomic E-state index is -0.532. The number of amides is 1. The molecule has 0 bridgehead atoms. The van der Waals surface area contributed by atoms with Gasteiger partial charge in [0.25, 0.3) is 0 Å². The van der Waals surface area contributed by atoms with Gasteiger partial charge in [0.1, 0.15) is 0 Å². The quantitative estimate of drug-likeness (QED) is 0.517. The predicted molar refractivity (Wildman–Crippen MR) is 33.2 cm³/mol. The highest BCUT2D eigenvalue weighted by atomic mass is 16.3. The second-order valence-electron chi connectivity index (χ2n) is 2.90. The number of hydrogen-bond acceptors (Lipinski definition) is 1. The average molecular weight is 130 g/mol. The first kappa shape index (κ1) is 8.43. The zero-order valence-corrected chi connectivity index (χ0v) is 6.02. The summed E-state index contributed by atoms with van der Waals surface area (Å²) in [6.07, 6.45) is 0. The van der Waals surface area contributed by atoms with E-state index >= 15 is 0 Å². The summed E-state index contributed by atoms with van der Waals surface area (Å²) >= 11 is 0. The van der Waals surface area contributed by atoms with Crippen molar-refractivity contribution in [3.63, 3.8) is 0 Å². The van der Waals surface area contributed by atoms with Crippen LogP contribution in [0, 0.1) is 5.41 Å². The first-order valence-corrected chi connectivity index (χ1v) is 2.85. The summed E-state index contributed by atoms with van der Waals surface area (Å²) < 4.78 is 0. The summed E-state index contributed by atoms with van der Waals surface area (Å²) in [6.45, 7) is 4.75. The van der Waals surface area contributed by atoms with Crippen molar-refractivity contribution >= 4 is 5.91 Å². The topological polar surface area (TPSA) is 49.0 Å². The predicted octanol–water partition coefficient (Wildman–Crippen LogP) is 0.537. The van der Waals surface area contributed by atoms with E-state index in [-0.39, 0.29) is 5.91 Å². The van der Waals surface area contributed by atoms with Gasteiger partial charge >= 0.3 is 0 Å². The van der Waals surface area contributed by atoms with E-state index in [9.17, 15) is 9.90 Å². The lowest BCUT2D eigenvalue weighted by molar-refractivity contribution is -0.130. The summed E-state index contributed by atoms with van der Waals surface area (Å²) in [5.74, 6) is -0.197. The van der Waals surface area contributed by atoms with E-state index in [1.165, 1.54) is 0 Å². The summed E-state index contributed by atoms with van der Waals surface area (Å²) in [5.41, 5.74) is -0.440. The number of carbonyl (C=O) groups excluding carboxylic acids is 1. The molecule has 9 heavy (non-hydrogen) atoms. The molecule has 1 amide bonds. The lowest BCUT2D eigenvalue weighted by Crippen LogP contribution is -2.34. The van der Waals surface area contributed by atoms with Crippen LogP contribution < -0.4 is 5.32 Å². The Morgan fingerprint density at radius 1 is 1.44 bits per heavy atom. The van der Waals surface area contributed by atoms with Gasteiger partial charge in [-0.3, -0.25) is 4.79 Å². The average Bonchev–Trinajstić information content (AvgIpc) is 1.64. The summed E-state index contributed by atoms with van der Waals surface area (Å²) in [4.78, 5) is 10.8. The van der Waals surface area contributed by atoms with E-state index in [1.807, 2.05) is 0 Å². The smallest absolute Gasteiger partial charge is 0.227 e. The highest BCUT2D eigenvalue weighted by molar-refractivity contribution is 5.81. The van der Waals surface area contributed by atoms with Gasteiger partial charge in [0.2, 0.25) is 5.91 Å². The normalized spacial score (nSPS) is 11.1. The molecular formula is C6H12NO2. The number of rotatable bonds is 1. The van der Waals surface area contributed by atoms with Gasteiger partial charge in [0, 0.05) is 5.41 Å². The van der Waals surface area contributed by atoms with Crippen molar-refractivity contribution in [3.8, 4) is 0 Å². The van der Waals surface area contributed by atoms with Crippen molar-refractivity contribution in [1.29, 1.82) is 0 Å². The molecule has 0 saturated heterocycles. The van der Waals surface area contributed by atoms with E-state index in [2.05, 4.69) is 5.32 Å². The van der Waals surface area contributed by atoms with Crippen LogP contribution in [-0.2, 0) is 9.90 Å². The van der Waals surface area contributed by atoms with Crippen LogP contribution in [0.15, 0.2) is 0 Å². The van der Waals surface area contributed by atoms with E-state index in [1.54, 1.807) is 20.8 Å². The van der Waals surface area contributed by atoms with E-state index in [0.29, 0.717) is 0 Å². The minimum Gasteiger partial charge on any atom is -0.330 e. The molecule has 0 aromatic heterocycles. The van der Waals surface area contributed by atoms with Crippen molar-refractivity contribution < 1.29 is 9.90 Å². The molecule has 0 spiro atoms. The first-order chi connectivity index (χ1) is 3.98. The number of hydrogen-bond donors (Lipinski definition) is 1. The third-order valence-electron chi connectivity index (χ3n) is 0.914. The SMILES string of the molecule is CC(C)(C)C(=O)NC[O]. The molecule has 0 aliphatic heterocycles. The number of nitrogens with one attached hydrogen (secondary N) is 1. The van der Waals surface area contributed by atoms with Gasteiger partial charge in [0.05, 0.1) is 0 Å². The van der Waals surface area contributed by atoms with Crippen molar-refractivity contribution in [3.05, 3.63) is 0 Å².